The van der Waals surface area contributed by atoms with Gasteiger partial charge in [-0.15, -0.1) is 0 Å². The van der Waals surface area contributed by atoms with Crippen LogP contribution in [0.5, 0.6) is 0 Å². The Hall–Kier alpha value is -2.56. The molecule has 90 valence electrons. The number of methoxy groups -OCH3 is 1. The van der Waals surface area contributed by atoms with E-state index in [0.29, 0.717) is 16.6 Å². The van der Waals surface area contributed by atoms with E-state index in [9.17, 15) is 9.59 Å². The number of hydrogen-bond donors (Lipinski definition) is 1. The van der Waals surface area contributed by atoms with E-state index in [2.05, 4.69) is 9.72 Å². The van der Waals surface area contributed by atoms with Crippen LogP contribution in [0.4, 0.5) is 0 Å². The van der Waals surface area contributed by atoms with Crippen molar-refractivity contribution in [2.45, 2.75) is 0 Å². The summed E-state index contributed by atoms with van der Waals surface area (Å²) < 4.78 is 6.44. The number of H-pyrrole nitrogens is 1. The van der Waals surface area contributed by atoms with Crippen molar-refractivity contribution < 1.29 is 9.53 Å². The molecule has 0 amide bonds. The Morgan fingerprint density at radius 1 is 1.28 bits per heavy atom. The van der Waals surface area contributed by atoms with Crippen LogP contribution < -0.4 is 5.56 Å². The van der Waals surface area contributed by atoms with Crippen molar-refractivity contribution in [3.63, 3.8) is 0 Å². The van der Waals surface area contributed by atoms with Gasteiger partial charge in [0.25, 0.3) is 5.56 Å². The molecule has 0 bridgehead atoms. The van der Waals surface area contributed by atoms with Crippen molar-refractivity contribution in [2.24, 2.45) is 0 Å². The number of benzene rings is 1. The average molecular weight is 242 g/mol. The second-order valence-corrected chi connectivity index (χ2v) is 3.94. The van der Waals surface area contributed by atoms with Gasteiger partial charge in [-0.2, -0.15) is 0 Å². The molecule has 3 rings (SSSR count). The van der Waals surface area contributed by atoms with E-state index in [1.54, 1.807) is 34.7 Å². The van der Waals surface area contributed by atoms with Crippen LogP contribution in [0.1, 0.15) is 10.4 Å². The van der Waals surface area contributed by atoms with Gasteiger partial charge in [-0.3, -0.25) is 4.79 Å². The maximum absolute atomic E-state index is 11.8. The number of carbonyl (C=O) groups is 1. The zero-order chi connectivity index (χ0) is 12.7. The standard InChI is InChI=1S/C13H10N2O3/c1-18-13(17)8-4-5-10-9(7-8)14-12(16)11-3-2-6-15(10)11/h2-7H,1H3,(H,14,16). The molecule has 0 aliphatic heterocycles. The number of carbonyl (C=O) groups excluding carboxylic acids is 1. The molecule has 3 aromatic rings. The monoisotopic (exact) mass is 242 g/mol. The predicted octanol–water partition coefficient (Wildman–Crippen LogP) is 1.57. The van der Waals surface area contributed by atoms with Gasteiger partial charge in [-0.1, -0.05) is 0 Å². The van der Waals surface area contributed by atoms with Gasteiger partial charge in [0.05, 0.1) is 23.7 Å². The highest BCUT2D eigenvalue weighted by molar-refractivity contribution is 5.93. The highest BCUT2D eigenvalue weighted by Crippen LogP contribution is 2.15. The molecule has 0 aliphatic carbocycles. The summed E-state index contributed by atoms with van der Waals surface area (Å²) in [5.74, 6) is -0.426. The highest BCUT2D eigenvalue weighted by atomic mass is 16.5. The number of ether oxygens (including phenoxy) is 1. The van der Waals surface area contributed by atoms with Crippen LogP contribution in [-0.2, 0) is 4.74 Å². The molecule has 5 nitrogen and oxygen atoms in total. The third kappa shape index (κ3) is 1.41. The third-order valence-electron chi connectivity index (χ3n) is 2.91. The number of rotatable bonds is 1. The summed E-state index contributed by atoms with van der Waals surface area (Å²) in [4.78, 5) is 26.0. The number of nitrogens with one attached hydrogen (secondary N) is 1. The van der Waals surface area contributed by atoms with Crippen molar-refractivity contribution >= 4 is 22.5 Å². The Morgan fingerprint density at radius 3 is 2.89 bits per heavy atom. The second-order valence-electron chi connectivity index (χ2n) is 3.94. The number of hydrogen-bond acceptors (Lipinski definition) is 3. The Balaban J connectivity index is 2.39. The molecule has 0 spiro atoms. The van der Waals surface area contributed by atoms with Crippen molar-refractivity contribution in [3.8, 4) is 0 Å². The molecule has 0 fully saturated rings. The molecule has 0 saturated heterocycles. The summed E-state index contributed by atoms with van der Waals surface area (Å²) in [7, 11) is 1.32. The Bertz CT molecular complexity index is 814. The van der Waals surface area contributed by atoms with Crippen LogP contribution in [0.25, 0.3) is 16.6 Å². The molecule has 0 unspecified atom stereocenters. The smallest absolute Gasteiger partial charge is 0.337 e. The molecule has 0 aliphatic rings. The minimum Gasteiger partial charge on any atom is -0.465 e. The lowest BCUT2D eigenvalue weighted by Crippen LogP contribution is -2.10. The molecule has 5 heteroatoms. The third-order valence-corrected chi connectivity index (χ3v) is 2.91. The summed E-state index contributed by atoms with van der Waals surface area (Å²) in [5.41, 5.74) is 2.24. The van der Waals surface area contributed by atoms with Gasteiger partial charge in [0.1, 0.15) is 5.52 Å². The van der Waals surface area contributed by atoms with E-state index in [1.165, 1.54) is 7.11 Å². The molecule has 2 heterocycles. The molecule has 2 aromatic heterocycles. The minimum atomic E-state index is -0.426. The quantitative estimate of drug-likeness (QED) is 0.659. The van der Waals surface area contributed by atoms with E-state index in [0.717, 1.165) is 5.52 Å². The number of aromatic nitrogens is 2. The number of nitrogens with zero attached hydrogens (tertiary/aromatic N) is 1. The van der Waals surface area contributed by atoms with Crippen molar-refractivity contribution in [1.29, 1.82) is 0 Å². The zero-order valence-corrected chi connectivity index (χ0v) is 9.64. The maximum atomic E-state index is 11.8. The lowest BCUT2D eigenvalue weighted by atomic mass is 10.2. The van der Waals surface area contributed by atoms with Gasteiger partial charge in [0.15, 0.2) is 0 Å². The van der Waals surface area contributed by atoms with E-state index in [1.807, 2.05) is 6.20 Å². The van der Waals surface area contributed by atoms with Gasteiger partial charge >= 0.3 is 5.97 Å². The van der Waals surface area contributed by atoms with Gasteiger partial charge in [-0.05, 0) is 30.3 Å². The first-order valence-corrected chi connectivity index (χ1v) is 5.42. The maximum Gasteiger partial charge on any atom is 0.337 e. The number of fused-ring (bicyclic) bond motifs is 3. The first kappa shape index (κ1) is 10.6. The molecular formula is C13H10N2O3. The molecule has 18 heavy (non-hydrogen) atoms. The van der Waals surface area contributed by atoms with Gasteiger partial charge in [0.2, 0.25) is 0 Å². The second kappa shape index (κ2) is 3.73. The van der Waals surface area contributed by atoms with Gasteiger partial charge in [-0.25, -0.2) is 4.79 Å². The topological polar surface area (TPSA) is 63.6 Å². The van der Waals surface area contributed by atoms with E-state index in [4.69, 9.17) is 0 Å². The SMILES string of the molecule is COC(=O)c1ccc2c(c1)[nH]c(=O)c1cccn12. The van der Waals surface area contributed by atoms with Gasteiger partial charge in [0, 0.05) is 6.20 Å². The predicted molar refractivity (Wildman–Crippen MR) is 66.9 cm³/mol. The Labute approximate surface area is 102 Å². The summed E-state index contributed by atoms with van der Waals surface area (Å²) >= 11 is 0. The average Bonchev–Trinajstić information content (AvgIpc) is 2.87. The van der Waals surface area contributed by atoms with Crippen LogP contribution in [0.3, 0.4) is 0 Å². The van der Waals surface area contributed by atoms with Crippen LogP contribution in [-0.4, -0.2) is 22.5 Å². The van der Waals surface area contributed by atoms with Crippen LogP contribution in [0.2, 0.25) is 0 Å². The fourth-order valence-corrected chi connectivity index (χ4v) is 2.05. The molecule has 0 radical (unpaired) electrons. The van der Waals surface area contributed by atoms with Gasteiger partial charge < -0.3 is 14.1 Å². The van der Waals surface area contributed by atoms with E-state index in [-0.39, 0.29) is 5.56 Å². The van der Waals surface area contributed by atoms with Crippen LogP contribution in [0, 0.1) is 0 Å². The fraction of sp³-hybridized carbons (Fsp3) is 0.0769. The van der Waals surface area contributed by atoms with Crippen LogP contribution in [0.15, 0.2) is 41.3 Å². The van der Waals surface area contributed by atoms with Crippen LogP contribution >= 0.6 is 0 Å². The first-order valence-electron chi connectivity index (χ1n) is 5.42. The largest absolute Gasteiger partial charge is 0.465 e. The lowest BCUT2D eigenvalue weighted by Gasteiger charge is -2.04. The first-order chi connectivity index (χ1) is 8.70. The summed E-state index contributed by atoms with van der Waals surface area (Å²) in [6, 6.07) is 8.61. The molecule has 0 saturated carbocycles. The fourth-order valence-electron chi connectivity index (χ4n) is 2.05. The summed E-state index contributed by atoms with van der Waals surface area (Å²) in [6.07, 6.45) is 1.81. The highest BCUT2D eigenvalue weighted by Gasteiger charge is 2.09. The zero-order valence-electron chi connectivity index (χ0n) is 9.64. The summed E-state index contributed by atoms with van der Waals surface area (Å²) in [6.45, 7) is 0. The number of aromatic amines is 1. The minimum absolute atomic E-state index is 0.186. The van der Waals surface area contributed by atoms with E-state index < -0.39 is 5.97 Å². The van der Waals surface area contributed by atoms with Crippen molar-refractivity contribution in [3.05, 3.63) is 52.4 Å². The Kier molecular flexibility index (Phi) is 2.19. The summed E-state index contributed by atoms with van der Waals surface area (Å²) in [5, 5.41) is 0. The van der Waals surface area contributed by atoms with E-state index >= 15 is 0 Å². The number of esters is 1. The van der Waals surface area contributed by atoms with Crippen molar-refractivity contribution in [2.75, 3.05) is 7.11 Å². The normalized spacial score (nSPS) is 10.9. The Morgan fingerprint density at radius 2 is 2.11 bits per heavy atom. The van der Waals surface area contributed by atoms with Crippen molar-refractivity contribution in [1.82, 2.24) is 9.38 Å². The molecular weight excluding hydrogens is 232 g/mol. The lowest BCUT2D eigenvalue weighted by molar-refractivity contribution is 0.0601. The molecule has 1 N–H and O–H groups in total. The molecule has 1 aromatic carbocycles. The molecule has 0 atom stereocenters.